The number of nitrogens with zero attached hydrogens (tertiary/aromatic N) is 1. The Morgan fingerprint density at radius 1 is 1.40 bits per heavy atom. The van der Waals surface area contributed by atoms with Crippen LogP contribution in [0.15, 0.2) is 31.6 Å². The van der Waals surface area contributed by atoms with Gasteiger partial charge in [-0.05, 0) is 46.5 Å². The van der Waals surface area contributed by atoms with E-state index in [1.807, 2.05) is 32.0 Å². The maximum atomic E-state index is 11.2. The number of carbonyl (C=O) groups is 1. The summed E-state index contributed by atoms with van der Waals surface area (Å²) in [4.78, 5) is 15.6. The fourth-order valence-corrected chi connectivity index (χ4v) is 2.60. The molecule has 106 valence electrons. The van der Waals surface area contributed by atoms with Crippen LogP contribution in [0.1, 0.15) is 30.1 Å². The Morgan fingerprint density at radius 2 is 2.10 bits per heavy atom. The molecule has 1 aromatic carbocycles. The van der Waals surface area contributed by atoms with E-state index in [4.69, 9.17) is 4.42 Å². The smallest absolute Gasteiger partial charge is 0.373 e. The van der Waals surface area contributed by atoms with E-state index in [-0.39, 0.29) is 5.76 Å². The van der Waals surface area contributed by atoms with E-state index in [2.05, 4.69) is 36.8 Å². The molecule has 0 fully saturated rings. The fraction of sp³-hybridized carbons (Fsp3) is 0.286. The Hall–Kier alpha value is -1.14. The largest absolute Gasteiger partial charge is 0.475 e. The lowest BCUT2D eigenvalue weighted by Gasteiger charge is -2.00. The molecule has 0 bridgehead atoms. The molecule has 2 rings (SSSR count). The second-order valence-corrected chi connectivity index (χ2v) is 6.59. The highest BCUT2D eigenvalue weighted by atomic mass is 79.9. The van der Waals surface area contributed by atoms with Gasteiger partial charge in [-0.15, -0.1) is 0 Å². The molecule has 4 nitrogen and oxygen atoms in total. The Labute approximate surface area is 133 Å². The van der Waals surface area contributed by atoms with Crippen LogP contribution >= 0.6 is 31.9 Å². The molecule has 0 radical (unpaired) electrons. The van der Waals surface area contributed by atoms with E-state index in [0.29, 0.717) is 23.9 Å². The predicted molar refractivity (Wildman–Crippen MR) is 82.8 cm³/mol. The minimum atomic E-state index is -1.09. The number of aromatic carboxylic acids is 1. The number of benzene rings is 1. The lowest BCUT2D eigenvalue weighted by Crippen LogP contribution is -2.03. The predicted octanol–water partition coefficient (Wildman–Crippen LogP) is 4.76. The number of aromatic nitrogens is 1. The van der Waals surface area contributed by atoms with Gasteiger partial charge >= 0.3 is 5.97 Å². The van der Waals surface area contributed by atoms with Gasteiger partial charge in [0.1, 0.15) is 0 Å². The summed E-state index contributed by atoms with van der Waals surface area (Å²) in [6.07, 6.45) is 0.566. The van der Waals surface area contributed by atoms with E-state index < -0.39 is 5.97 Å². The van der Waals surface area contributed by atoms with Crippen molar-refractivity contribution in [2.45, 2.75) is 20.3 Å². The standard InChI is InChI=1S/C14H13Br2NO3/c1-7(2)5-11-12(14(18)19)20-13(17-11)9-6-8(15)3-4-10(9)16/h3-4,6-7H,5H2,1-2H3,(H,18,19). The first-order valence-electron chi connectivity index (χ1n) is 6.07. The number of halogens is 2. The Kier molecular flexibility index (Phi) is 4.65. The number of rotatable bonds is 4. The molecule has 0 aliphatic heterocycles. The van der Waals surface area contributed by atoms with Gasteiger partial charge < -0.3 is 9.52 Å². The van der Waals surface area contributed by atoms with Gasteiger partial charge in [0.25, 0.3) is 0 Å². The van der Waals surface area contributed by atoms with E-state index in [1.54, 1.807) is 0 Å². The topological polar surface area (TPSA) is 63.3 Å². The maximum absolute atomic E-state index is 11.2. The molecule has 1 heterocycles. The highest BCUT2D eigenvalue weighted by molar-refractivity contribution is 9.11. The molecule has 0 amide bonds. The zero-order valence-corrected chi connectivity index (χ0v) is 14.2. The minimum absolute atomic E-state index is 0.0828. The molecule has 2 aromatic rings. The number of oxazole rings is 1. The molecule has 0 atom stereocenters. The first kappa shape index (κ1) is 15.3. The molecule has 0 spiro atoms. The van der Waals surface area contributed by atoms with Gasteiger partial charge in [-0.2, -0.15) is 0 Å². The van der Waals surface area contributed by atoms with Crippen LogP contribution in [-0.2, 0) is 6.42 Å². The molecule has 1 N–H and O–H groups in total. The van der Waals surface area contributed by atoms with E-state index >= 15 is 0 Å². The Morgan fingerprint density at radius 3 is 2.70 bits per heavy atom. The van der Waals surface area contributed by atoms with Crippen LogP contribution in [0.3, 0.4) is 0 Å². The number of hydrogen-bond donors (Lipinski definition) is 1. The van der Waals surface area contributed by atoms with Gasteiger partial charge in [0, 0.05) is 8.95 Å². The van der Waals surface area contributed by atoms with E-state index in [1.165, 1.54) is 0 Å². The third-order valence-electron chi connectivity index (χ3n) is 2.65. The van der Waals surface area contributed by atoms with Crippen LogP contribution in [-0.4, -0.2) is 16.1 Å². The van der Waals surface area contributed by atoms with E-state index in [0.717, 1.165) is 14.5 Å². The monoisotopic (exact) mass is 401 g/mol. The van der Waals surface area contributed by atoms with Gasteiger partial charge in [-0.25, -0.2) is 9.78 Å². The van der Waals surface area contributed by atoms with Crippen molar-refractivity contribution in [2.24, 2.45) is 5.92 Å². The molecular formula is C14H13Br2NO3. The summed E-state index contributed by atoms with van der Waals surface area (Å²) in [6.45, 7) is 4.02. The molecule has 0 unspecified atom stereocenters. The summed E-state index contributed by atoms with van der Waals surface area (Å²) in [6, 6.07) is 5.57. The maximum Gasteiger partial charge on any atom is 0.373 e. The zero-order chi connectivity index (χ0) is 14.9. The lowest BCUT2D eigenvalue weighted by atomic mass is 10.1. The molecular weight excluding hydrogens is 390 g/mol. The average Bonchev–Trinajstić information content (AvgIpc) is 2.75. The Balaban J connectivity index is 2.52. The lowest BCUT2D eigenvalue weighted by molar-refractivity contribution is 0.0661. The molecule has 0 aliphatic carbocycles. The van der Waals surface area contributed by atoms with Gasteiger partial charge in [0.15, 0.2) is 0 Å². The normalized spacial score (nSPS) is 11.1. The zero-order valence-electron chi connectivity index (χ0n) is 11.0. The second-order valence-electron chi connectivity index (χ2n) is 4.82. The first-order chi connectivity index (χ1) is 9.38. The van der Waals surface area contributed by atoms with Crippen molar-refractivity contribution in [1.82, 2.24) is 4.98 Å². The van der Waals surface area contributed by atoms with Crippen molar-refractivity contribution >= 4 is 37.8 Å². The number of hydrogen-bond acceptors (Lipinski definition) is 3. The summed E-state index contributed by atoms with van der Waals surface area (Å²) in [5.41, 5.74) is 1.20. The van der Waals surface area contributed by atoms with Gasteiger partial charge in [-0.1, -0.05) is 29.8 Å². The summed E-state index contributed by atoms with van der Waals surface area (Å²) in [5.74, 6) is -0.561. The van der Waals surface area contributed by atoms with Gasteiger partial charge in [0.05, 0.1) is 11.3 Å². The van der Waals surface area contributed by atoms with Crippen molar-refractivity contribution < 1.29 is 14.3 Å². The molecule has 0 saturated heterocycles. The summed E-state index contributed by atoms with van der Waals surface area (Å²) in [5, 5.41) is 9.21. The molecule has 1 aromatic heterocycles. The van der Waals surface area contributed by atoms with Crippen molar-refractivity contribution in [3.05, 3.63) is 38.6 Å². The van der Waals surface area contributed by atoms with Crippen molar-refractivity contribution in [3.8, 4) is 11.5 Å². The van der Waals surface area contributed by atoms with Crippen molar-refractivity contribution in [3.63, 3.8) is 0 Å². The van der Waals surface area contributed by atoms with E-state index in [9.17, 15) is 9.90 Å². The minimum Gasteiger partial charge on any atom is -0.475 e. The van der Waals surface area contributed by atoms with Crippen LogP contribution in [0.2, 0.25) is 0 Å². The van der Waals surface area contributed by atoms with Crippen molar-refractivity contribution in [1.29, 1.82) is 0 Å². The quantitative estimate of drug-likeness (QED) is 0.800. The van der Waals surface area contributed by atoms with Crippen LogP contribution in [0.25, 0.3) is 11.5 Å². The summed E-state index contributed by atoms with van der Waals surface area (Å²) >= 11 is 6.80. The number of carboxylic acids is 1. The fourth-order valence-electron chi connectivity index (χ4n) is 1.82. The summed E-state index contributed by atoms with van der Waals surface area (Å²) < 4.78 is 7.11. The highest BCUT2D eigenvalue weighted by Gasteiger charge is 2.22. The Bertz CT molecular complexity index is 650. The second kappa shape index (κ2) is 6.10. The van der Waals surface area contributed by atoms with Gasteiger partial charge in [-0.3, -0.25) is 0 Å². The number of carboxylic acid groups (broad SMARTS) is 1. The average molecular weight is 403 g/mol. The molecule has 0 aliphatic rings. The van der Waals surface area contributed by atoms with Crippen LogP contribution in [0.4, 0.5) is 0 Å². The van der Waals surface area contributed by atoms with Crippen molar-refractivity contribution in [2.75, 3.05) is 0 Å². The van der Waals surface area contributed by atoms with Crippen LogP contribution in [0, 0.1) is 5.92 Å². The van der Waals surface area contributed by atoms with Crippen LogP contribution < -0.4 is 0 Å². The summed E-state index contributed by atoms with van der Waals surface area (Å²) in [7, 11) is 0. The highest BCUT2D eigenvalue weighted by Crippen LogP contribution is 2.32. The third-order valence-corrected chi connectivity index (χ3v) is 3.84. The van der Waals surface area contributed by atoms with Gasteiger partial charge in [0.2, 0.25) is 11.7 Å². The third kappa shape index (κ3) is 3.30. The van der Waals surface area contributed by atoms with Crippen LogP contribution in [0.5, 0.6) is 0 Å². The molecule has 0 saturated carbocycles. The molecule has 20 heavy (non-hydrogen) atoms. The first-order valence-corrected chi connectivity index (χ1v) is 7.65. The molecule has 6 heteroatoms. The SMILES string of the molecule is CC(C)Cc1nc(-c2cc(Br)ccc2Br)oc1C(=O)O.